The van der Waals surface area contributed by atoms with E-state index in [0.717, 1.165) is 33.7 Å². The van der Waals surface area contributed by atoms with E-state index in [4.69, 9.17) is 9.73 Å². The lowest BCUT2D eigenvalue weighted by atomic mass is 9.47. The second-order valence-electron chi connectivity index (χ2n) is 9.83. The molecular weight excluding hydrogens is 460 g/mol. The largest absolute Gasteiger partial charge is 0.497 e. The van der Waals surface area contributed by atoms with E-state index >= 15 is 0 Å². The van der Waals surface area contributed by atoms with E-state index in [1.54, 1.807) is 7.11 Å². The minimum absolute atomic E-state index is 0.141. The molecule has 1 fully saturated rings. The van der Waals surface area contributed by atoms with Crippen molar-refractivity contribution in [2.24, 2.45) is 16.8 Å². The molecule has 4 aliphatic rings. The second kappa shape index (κ2) is 8.00. The summed E-state index contributed by atoms with van der Waals surface area (Å²) in [6.45, 7) is 0. The maximum atomic E-state index is 14.3. The van der Waals surface area contributed by atoms with Crippen molar-refractivity contribution in [2.75, 3.05) is 12.0 Å². The van der Waals surface area contributed by atoms with Crippen LogP contribution in [0.2, 0.25) is 0 Å². The third kappa shape index (κ3) is 2.88. The first-order valence-electron chi connectivity index (χ1n) is 12.5. The summed E-state index contributed by atoms with van der Waals surface area (Å²) in [6, 6.07) is 33.2. The van der Waals surface area contributed by atoms with Gasteiger partial charge in [0.05, 0.1) is 35.7 Å². The Morgan fingerprint density at radius 2 is 1.35 bits per heavy atom. The molecule has 0 radical (unpaired) electrons. The Morgan fingerprint density at radius 1 is 0.757 bits per heavy atom. The van der Waals surface area contributed by atoms with Gasteiger partial charge in [-0.3, -0.25) is 14.6 Å². The topological polar surface area (TPSA) is 59.0 Å². The molecule has 1 saturated heterocycles. The van der Waals surface area contributed by atoms with E-state index in [9.17, 15) is 9.59 Å². The fourth-order valence-electron chi connectivity index (χ4n) is 6.73. The molecular formula is C32H24N2O3. The van der Waals surface area contributed by atoms with E-state index < -0.39 is 17.3 Å². The van der Waals surface area contributed by atoms with Gasteiger partial charge in [0.25, 0.3) is 0 Å². The van der Waals surface area contributed by atoms with Crippen LogP contribution >= 0.6 is 0 Å². The zero-order valence-corrected chi connectivity index (χ0v) is 20.2. The fraction of sp³-hybridized carbons (Fsp3) is 0.156. The Bertz CT molecular complexity index is 1530. The van der Waals surface area contributed by atoms with Crippen LogP contribution in [0.1, 0.15) is 28.2 Å². The van der Waals surface area contributed by atoms with E-state index in [2.05, 4.69) is 24.3 Å². The number of anilines is 1. The molecule has 5 nitrogen and oxygen atoms in total. The van der Waals surface area contributed by atoms with Gasteiger partial charge in [0, 0.05) is 12.1 Å². The number of nitrogens with zero attached hydrogens (tertiary/aromatic N) is 2. The maximum Gasteiger partial charge on any atom is 0.239 e. The van der Waals surface area contributed by atoms with Crippen LogP contribution in [0.5, 0.6) is 5.75 Å². The number of hydrogen-bond acceptors (Lipinski definition) is 4. The van der Waals surface area contributed by atoms with E-state index in [1.807, 2.05) is 85.1 Å². The molecule has 0 N–H and O–H groups in total. The number of carbonyl (C=O) groups is 2. The Hall–Kier alpha value is -4.51. The van der Waals surface area contributed by atoms with E-state index in [-0.39, 0.29) is 17.7 Å². The summed E-state index contributed by atoms with van der Waals surface area (Å²) in [7, 11) is 1.63. The molecule has 4 aromatic rings. The number of aliphatic imine (C=N–C) groups is 1. The lowest BCUT2D eigenvalue weighted by molar-refractivity contribution is -0.122. The molecule has 0 spiro atoms. The minimum atomic E-state index is -0.872. The minimum Gasteiger partial charge on any atom is -0.497 e. The molecule has 0 saturated carbocycles. The summed E-state index contributed by atoms with van der Waals surface area (Å²) in [4.78, 5) is 34.7. The fourth-order valence-corrected chi connectivity index (χ4v) is 6.73. The van der Waals surface area contributed by atoms with Crippen LogP contribution in [0.25, 0.3) is 0 Å². The highest BCUT2D eigenvalue weighted by Gasteiger charge is 2.67. The molecule has 180 valence electrons. The van der Waals surface area contributed by atoms with Crippen molar-refractivity contribution in [1.82, 2.24) is 0 Å². The Kier molecular flexibility index (Phi) is 4.70. The van der Waals surface area contributed by atoms with Crippen molar-refractivity contribution >= 4 is 29.4 Å². The van der Waals surface area contributed by atoms with Gasteiger partial charge in [-0.25, -0.2) is 4.90 Å². The molecule has 8 rings (SSSR count). The third-order valence-corrected chi connectivity index (χ3v) is 8.19. The first kappa shape index (κ1) is 21.7. The molecule has 5 heteroatoms. The number of rotatable bonds is 4. The summed E-state index contributed by atoms with van der Waals surface area (Å²) in [5.41, 5.74) is 4.79. The molecule has 0 aromatic heterocycles. The molecule has 3 aliphatic carbocycles. The number of carbonyl (C=O) groups excluding carboxylic acids is 2. The monoisotopic (exact) mass is 484 g/mol. The predicted molar refractivity (Wildman–Crippen MR) is 143 cm³/mol. The van der Waals surface area contributed by atoms with Crippen LogP contribution in [0.4, 0.5) is 11.4 Å². The van der Waals surface area contributed by atoms with Gasteiger partial charge in [0.2, 0.25) is 11.8 Å². The van der Waals surface area contributed by atoms with Crippen LogP contribution in [0, 0.1) is 11.8 Å². The highest BCUT2D eigenvalue weighted by Crippen LogP contribution is 2.63. The third-order valence-electron chi connectivity index (χ3n) is 8.19. The van der Waals surface area contributed by atoms with E-state index in [0.29, 0.717) is 5.69 Å². The van der Waals surface area contributed by atoms with Gasteiger partial charge in [0.15, 0.2) is 0 Å². The molecule has 2 atom stereocenters. The van der Waals surface area contributed by atoms with Gasteiger partial charge < -0.3 is 4.74 Å². The molecule has 1 aliphatic heterocycles. The number of amides is 2. The SMILES string of the molecule is COc1ccc(N=CC23c4ccccc4C(c4ccccc42)[C@@H]2C(=O)N(c4ccccc4)C(=O)[C@@H]23)cc1. The maximum absolute atomic E-state index is 14.3. The standard InChI is InChI=1S/C32H24N2O3/c1-37-22-17-15-20(16-18-22)33-19-32-25-13-7-5-11-23(25)27(24-12-6-8-14-26(24)32)28-29(32)31(36)34(30(28)35)21-9-3-2-4-10-21/h2-19,27-29H,1H3/t27?,28-,29+,32?/m0/s1. The lowest BCUT2D eigenvalue weighted by Crippen LogP contribution is -2.54. The van der Waals surface area contributed by atoms with Crippen molar-refractivity contribution in [3.8, 4) is 5.75 Å². The van der Waals surface area contributed by atoms with Gasteiger partial charge in [-0.2, -0.15) is 0 Å². The van der Waals surface area contributed by atoms with Crippen LogP contribution in [0.3, 0.4) is 0 Å². The number of imide groups is 1. The summed E-state index contributed by atoms with van der Waals surface area (Å²) in [6.07, 6.45) is 1.92. The lowest BCUT2D eigenvalue weighted by Gasteiger charge is -2.52. The normalized spacial score (nSPS) is 25.2. The average Bonchev–Trinajstić information content (AvgIpc) is 3.23. The molecule has 2 bridgehead atoms. The first-order valence-corrected chi connectivity index (χ1v) is 12.5. The van der Waals surface area contributed by atoms with Gasteiger partial charge in [-0.15, -0.1) is 0 Å². The van der Waals surface area contributed by atoms with Crippen LogP contribution in [-0.4, -0.2) is 25.1 Å². The number of hydrogen-bond donors (Lipinski definition) is 0. The van der Waals surface area contributed by atoms with Gasteiger partial charge in [0.1, 0.15) is 5.75 Å². The summed E-state index contributed by atoms with van der Waals surface area (Å²) >= 11 is 0. The molecule has 4 aromatic carbocycles. The zero-order valence-electron chi connectivity index (χ0n) is 20.2. The quantitative estimate of drug-likeness (QED) is 0.278. The van der Waals surface area contributed by atoms with Crippen molar-refractivity contribution in [3.05, 3.63) is 125 Å². The smallest absolute Gasteiger partial charge is 0.239 e. The zero-order chi connectivity index (χ0) is 25.1. The molecule has 0 unspecified atom stereocenters. The Balaban J connectivity index is 1.49. The predicted octanol–water partition coefficient (Wildman–Crippen LogP) is 5.65. The van der Waals surface area contributed by atoms with Crippen molar-refractivity contribution < 1.29 is 14.3 Å². The summed E-state index contributed by atoms with van der Waals surface area (Å²) in [5, 5.41) is 0. The van der Waals surface area contributed by atoms with Crippen LogP contribution < -0.4 is 9.64 Å². The first-order chi connectivity index (χ1) is 18.1. The summed E-state index contributed by atoms with van der Waals surface area (Å²) in [5.74, 6) is -0.828. The number of benzene rings is 4. The molecule has 37 heavy (non-hydrogen) atoms. The van der Waals surface area contributed by atoms with Gasteiger partial charge in [-0.05, 0) is 58.7 Å². The number of para-hydroxylation sites is 1. The van der Waals surface area contributed by atoms with Crippen molar-refractivity contribution in [2.45, 2.75) is 11.3 Å². The molecule has 2 amide bonds. The Morgan fingerprint density at radius 3 is 1.97 bits per heavy atom. The number of ether oxygens (including phenoxy) is 1. The number of methoxy groups -OCH3 is 1. The van der Waals surface area contributed by atoms with Crippen LogP contribution in [0.15, 0.2) is 108 Å². The van der Waals surface area contributed by atoms with Gasteiger partial charge in [-0.1, -0.05) is 66.7 Å². The molecule has 1 heterocycles. The highest BCUT2D eigenvalue weighted by molar-refractivity contribution is 6.25. The Labute approximate surface area is 215 Å². The highest BCUT2D eigenvalue weighted by atomic mass is 16.5. The average molecular weight is 485 g/mol. The van der Waals surface area contributed by atoms with Crippen molar-refractivity contribution in [1.29, 1.82) is 0 Å². The second-order valence-corrected chi connectivity index (χ2v) is 9.83. The van der Waals surface area contributed by atoms with Crippen molar-refractivity contribution in [3.63, 3.8) is 0 Å². The van der Waals surface area contributed by atoms with Crippen LogP contribution in [-0.2, 0) is 15.0 Å². The van der Waals surface area contributed by atoms with E-state index in [1.165, 1.54) is 4.90 Å². The van der Waals surface area contributed by atoms with Gasteiger partial charge >= 0.3 is 0 Å². The summed E-state index contributed by atoms with van der Waals surface area (Å²) < 4.78 is 5.30.